The number of carbonyl (C=O) groups is 2. The second-order valence-electron chi connectivity index (χ2n) is 5.44. The van der Waals surface area contributed by atoms with Crippen LogP contribution in [0.15, 0.2) is 64.4 Å². The fourth-order valence-electron chi connectivity index (χ4n) is 2.29. The highest BCUT2D eigenvalue weighted by atomic mass is 32.2. The maximum absolute atomic E-state index is 13.0. The van der Waals surface area contributed by atoms with Crippen molar-refractivity contribution in [3.05, 3.63) is 66.1 Å². The molecule has 0 aliphatic carbocycles. The van der Waals surface area contributed by atoms with Gasteiger partial charge in [0.15, 0.2) is 11.5 Å². The Morgan fingerprint density at radius 2 is 1.88 bits per heavy atom. The van der Waals surface area contributed by atoms with Crippen LogP contribution in [0.4, 0.5) is 10.1 Å². The van der Waals surface area contributed by atoms with E-state index in [9.17, 15) is 14.0 Å². The highest BCUT2D eigenvalue weighted by molar-refractivity contribution is 7.99. The van der Waals surface area contributed by atoms with E-state index in [1.165, 1.54) is 25.3 Å². The summed E-state index contributed by atoms with van der Waals surface area (Å²) < 4.78 is 18.5. The number of thioether (sulfide) groups is 1. The molecule has 0 bridgehead atoms. The first-order valence-corrected chi connectivity index (χ1v) is 8.76. The van der Waals surface area contributed by atoms with Crippen molar-refractivity contribution in [1.82, 2.24) is 4.98 Å². The molecule has 3 aromatic rings. The maximum atomic E-state index is 13.0. The number of Topliss-reactive ketones (excluding diaryl/α,β-unsaturated/α-hetero) is 1. The molecular weight excluding hydrogens is 355 g/mol. The molecule has 0 aliphatic rings. The fraction of sp³-hybridized carbons (Fsp3) is 0.105. The highest BCUT2D eigenvalue weighted by Crippen LogP contribution is 2.26. The van der Waals surface area contributed by atoms with Gasteiger partial charge < -0.3 is 9.73 Å². The summed E-state index contributed by atoms with van der Waals surface area (Å²) in [5.41, 5.74) is 1.64. The molecule has 1 aromatic heterocycles. The maximum Gasteiger partial charge on any atom is 0.256 e. The number of nitrogens with one attached hydrogen (secondary N) is 1. The molecule has 0 aliphatic heterocycles. The van der Waals surface area contributed by atoms with E-state index in [1.54, 1.807) is 36.4 Å². The lowest BCUT2D eigenvalue weighted by atomic mass is 10.1. The van der Waals surface area contributed by atoms with Crippen LogP contribution >= 0.6 is 11.8 Å². The molecule has 1 amide bonds. The molecule has 0 fully saturated rings. The van der Waals surface area contributed by atoms with Crippen LogP contribution < -0.4 is 5.32 Å². The first kappa shape index (κ1) is 17.9. The Balaban J connectivity index is 1.60. The van der Waals surface area contributed by atoms with Crippen molar-refractivity contribution in [2.75, 3.05) is 11.1 Å². The van der Waals surface area contributed by atoms with E-state index >= 15 is 0 Å². The number of hydrogen-bond acceptors (Lipinski definition) is 5. The molecule has 1 N–H and O–H groups in total. The van der Waals surface area contributed by atoms with Gasteiger partial charge >= 0.3 is 0 Å². The Kier molecular flexibility index (Phi) is 5.48. The van der Waals surface area contributed by atoms with Crippen molar-refractivity contribution in [3.63, 3.8) is 0 Å². The predicted molar refractivity (Wildman–Crippen MR) is 97.7 cm³/mol. The van der Waals surface area contributed by atoms with Gasteiger partial charge in [0.2, 0.25) is 5.91 Å². The largest absolute Gasteiger partial charge is 0.431 e. The summed E-state index contributed by atoms with van der Waals surface area (Å²) in [6, 6.07) is 12.7. The van der Waals surface area contributed by atoms with E-state index in [0.29, 0.717) is 27.8 Å². The minimum atomic E-state index is -0.328. The molecule has 2 aromatic carbocycles. The summed E-state index contributed by atoms with van der Waals surface area (Å²) in [5, 5.41) is 3.05. The number of rotatable bonds is 6. The molecule has 7 heteroatoms. The zero-order valence-electron chi connectivity index (χ0n) is 13.9. The van der Waals surface area contributed by atoms with E-state index < -0.39 is 0 Å². The molecule has 0 saturated carbocycles. The first-order valence-electron chi connectivity index (χ1n) is 7.77. The van der Waals surface area contributed by atoms with Gasteiger partial charge in [-0.3, -0.25) is 9.59 Å². The van der Waals surface area contributed by atoms with Crippen molar-refractivity contribution in [2.45, 2.75) is 12.1 Å². The van der Waals surface area contributed by atoms with Gasteiger partial charge in [-0.15, -0.1) is 0 Å². The Hall–Kier alpha value is -2.93. The molecule has 0 atom stereocenters. The van der Waals surface area contributed by atoms with Gasteiger partial charge in [0.05, 0.1) is 17.6 Å². The van der Waals surface area contributed by atoms with Crippen molar-refractivity contribution in [2.24, 2.45) is 0 Å². The Morgan fingerprint density at radius 3 is 2.62 bits per heavy atom. The zero-order valence-corrected chi connectivity index (χ0v) is 14.7. The number of halogens is 1. The standard InChI is InChI=1S/C19H15FN2O3S/c1-12(23)15-4-2-3-5-16(15)22-18(24)11-26-19-21-10-17(25-19)13-6-8-14(20)9-7-13/h2-10H,11H2,1H3,(H,22,24). The smallest absolute Gasteiger partial charge is 0.256 e. The number of nitrogens with zero attached hydrogens (tertiary/aromatic N) is 1. The van der Waals surface area contributed by atoms with Gasteiger partial charge in [-0.1, -0.05) is 23.9 Å². The number of para-hydroxylation sites is 1. The van der Waals surface area contributed by atoms with E-state index in [0.717, 1.165) is 11.8 Å². The van der Waals surface area contributed by atoms with Gasteiger partial charge in [0.25, 0.3) is 5.22 Å². The average molecular weight is 370 g/mol. The SMILES string of the molecule is CC(=O)c1ccccc1NC(=O)CSc1ncc(-c2ccc(F)cc2)o1. The van der Waals surface area contributed by atoms with Crippen LogP contribution in [0.1, 0.15) is 17.3 Å². The zero-order chi connectivity index (χ0) is 18.5. The van der Waals surface area contributed by atoms with E-state index in [1.807, 2.05) is 0 Å². The van der Waals surface area contributed by atoms with E-state index in [2.05, 4.69) is 10.3 Å². The van der Waals surface area contributed by atoms with Crippen LogP contribution in [-0.2, 0) is 4.79 Å². The fourth-order valence-corrected chi connectivity index (χ4v) is 2.89. The molecule has 0 saturated heterocycles. The minimum Gasteiger partial charge on any atom is -0.431 e. The molecule has 26 heavy (non-hydrogen) atoms. The third kappa shape index (κ3) is 4.37. The summed E-state index contributed by atoms with van der Waals surface area (Å²) >= 11 is 1.13. The van der Waals surface area contributed by atoms with E-state index in [4.69, 9.17) is 4.42 Å². The normalized spacial score (nSPS) is 10.5. The molecule has 0 spiro atoms. The number of benzene rings is 2. The third-order valence-electron chi connectivity index (χ3n) is 3.52. The molecule has 5 nitrogen and oxygen atoms in total. The molecule has 0 unspecified atom stereocenters. The van der Waals surface area contributed by atoms with E-state index in [-0.39, 0.29) is 23.3 Å². The molecule has 3 rings (SSSR count). The summed E-state index contributed by atoms with van der Waals surface area (Å²) in [4.78, 5) is 27.8. The Morgan fingerprint density at radius 1 is 1.15 bits per heavy atom. The highest BCUT2D eigenvalue weighted by Gasteiger charge is 2.12. The molecule has 1 heterocycles. The lowest BCUT2D eigenvalue weighted by molar-refractivity contribution is -0.113. The van der Waals surface area contributed by atoms with Crippen molar-refractivity contribution in [3.8, 4) is 11.3 Å². The number of hydrogen-bond donors (Lipinski definition) is 1. The van der Waals surface area contributed by atoms with Crippen LogP contribution in [-0.4, -0.2) is 22.4 Å². The average Bonchev–Trinajstić information content (AvgIpc) is 3.10. The second kappa shape index (κ2) is 7.97. The quantitative estimate of drug-likeness (QED) is 0.514. The van der Waals surface area contributed by atoms with Crippen molar-refractivity contribution in [1.29, 1.82) is 0 Å². The summed E-state index contributed by atoms with van der Waals surface area (Å²) in [6.45, 7) is 1.45. The minimum absolute atomic E-state index is 0.0790. The van der Waals surface area contributed by atoms with Crippen LogP contribution in [0, 0.1) is 5.82 Å². The summed E-state index contributed by atoms with van der Waals surface area (Å²) in [6.07, 6.45) is 1.53. The van der Waals surface area contributed by atoms with Gasteiger partial charge in [-0.2, -0.15) is 0 Å². The Bertz CT molecular complexity index is 938. The number of amides is 1. The van der Waals surface area contributed by atoms with Crippen molar-refractivity contribution >= 4 is 29.1 Å². The molecular formula is C19H15FN2O3S. The van der Waals surface area contributed by atoms with Gasteiger partial charge in [-0.05, 0) is 43.3 Å². The van der Waals surface area contributed by atoms with Crippen molar-refractivity contribution < 1.29 is 18.4 Å². The molecule has 0 radical (unpaired) electrons. The third-order valence-corrected chi connectivity index (χ3v) is 4.36. The second-order valence-corrected chi connectivity index (χ2v) is 6.36. The monoisotopic (exact) mass is 370 g/mol. The Labute approximate surface area is 153 Å². The number of aromatic nitrogens is 1. The lowest BCUT2D eigenvalue weighted by Gasteiger charge is -2.08. The lowest BCUT2D eigenvalue weighted by Crippen LogP contribution is -2.16. The number of anilines is 1. The topological polar surface area (TPSA) is 72.2 Å². The predicted octanol–water partition coefficient (Wildman–Crippen LogP) is 4.41. The number of carbonyl (C=O) groups excluding carboxylic acids is 2. The van der Waals surface area contributed by atoms with Crippen LogP contribution in [0.3, 0.4) is 0 Å². The number of oxazole rings is 1. The first-order chi connectivity index (χ1) is 12.5. The molecule has 132 valence electrons. The van der Waals surface area contributed by atoms with Crippen LogP contribution in [0.25, 0.3) is 11.3 Å². The van der Waals surface area contributed by atoms with Gasteiger partial charge in [0, 0.05) is 11.1 Å². The number of ketones is 1. The van der Waals surface area contributed by atoms with Crippen LogP contribution in [0.2, 0.25) is 0 Å². The summed E-state index contributed by atoms with van der Waals surface area (Å²) in [5.74, 6) is -0.147. The van der Waals surface area contributed by atoms with Gasteiger partial charge in [-0.25, -0.2) is 9.37 Å². The van der Waals surface area contributed by atoms with Crippen LogP contribution in [0.5, 0.6) is 0 Å². The van der Waals surface area contributed by atoms with Gasteiger partial charge in [0.1, 0.15) is 5.82 Å². The summed E-state index contributed by atoms with van der Waals surface area (Å²) in [7, 11) is 0.